The fourth-order valence-electron chi connectivity index (χ4n) is 3.12. The Morgan fingerprint density at radius 1 is 1.25 bits per heavy atom. The number of hydrogen-bond donors (Lipinski definition) is 2. The summed E-state index contributed by atoms with van der Waals surface area (Å²) in [5.41, 5.74) is 2.64. The number of nitrogens with zero attached hydrogens (tertiary/aromatic N) is 2. The largest absolute Gasteiger partial charge is 0.338 e. The van der Waals surface area contributed by atoms with Crippen molar-refractivity contribution in [2.75, 3.05) is 13.1 Å². The molecule has 3 rings (SSSR count). The van der Waals surface area contributed by atoms with Crippen molar-refractivity contribution in [3.05, 3.63) is 53.9 Å². The molecule has 1 saturated carbocycles. The van der Waals surface area contributed by atoms with E-state index in [2.05, 4.69) is 40.0 Å². The number of urea groups is 1. The Balaban J connectivity index is 1.23. The van der Waals surface area contributed by atoms with E-state index in [-0.39, 0.29) is 6.03 Å². The molecule has 1 aromatic carbocycles. The SMILES string of the molecule is Cn1cc(CCCCNC(=O)NC[C@@H]2C[C@@H]2c2ccccc2)cn1. The van der Waals surface area contributed by atoms with Crippen LogP contribution in [0.5, 0.6) is 0 Å². The molecule has 0 radical (unpaired) electrons. The molecule has 2 amide bonds. The molecule has 2 N–H and O–H groups in total. The van der Waals surface area contributed by atoms with Gasteiger partial charge in [0.25, 0.3) is 0 Å². The predicted molar refractivity (Wildman–Crippen MR) is 94.8 cm³/mol. The van der Waals surface area contributed by atoms with E-state index in [1.165, 1.54) is 17.5 Å². The Labute approximate surface area is 143 Å². The monoisotopic (exact) mass is 326 g/mol. The van der Waals surface area contributed by atoms with Crippen LogP contribution in [0.25, 0.3) is 0 Å². The Morgan fingerprint density at radius 3 is 2.83 bits per heavy atom. The van der Waals surface area contributed by atoms with Crippen molar-refractivity contribution < 1.29 is 4.79 Å². The van der Waals surface area contributed by atoms with Crippen LogP contribution in [-0.4, -0.2) is 28.9 Å². The minimum Gasteiger partial charge on any atom is -0.338 e. The van der Waals surface area contributed by atoms with Crippen LogP contribution in [0.15, 0.2) is 42.7 Å². The van der Waals surface area contributed by atoms with Crippen molar-refractivity contribution >= 4 is 6.03 Å². The summed E-state index contributed by atoms with van der Waals surface area (Å²) < 4.78 is 1.82. The minimum atomic E-state index is -0.0462. The molecule has 0 aliphatic heterocycles. The summed E-state index contributed by atoms with van der Waals surface area (Å²) in [6.07, 6.45) is 8.17. The topological polar surface area (TPSA) is 59.0 Å². The van der Waals surface area contributed by atoms with E-state index in [4.69, 9.17) is 0 Å². The molecule has 1 aliphatic carbocycles. The van der Waals surface area contributed by atoms with E-state index in [0.29, 0.717) is 11.8 Å². The van der Waals surface area contributed by atoms with Crippen LogP contribution in [0.2, 0.25) is 0 Å². The molecule has 5 nitrogen and oxygen atoms in total. The third-order valence-electron chi connectivity index (χ3n) is 4.61. The van der Waals surface area contributed by atoms with Gasteiger partial charge in [0.1, 0.15) is 0 Å². The lowest BCUT2D eigenvalue weighted by molar-refractivity contribution is 0.240. The molecule has 0 bridgehead atoms. The van der Waals surface area contributed by atoms with Gasteiger partial charge in [0, 0.05) is 26.3 Å². The normalized spacial score (nSPS) is 19.0. The number of benzene rings is 1. The number of aromatic nitrogens is 2. The average Bonchev–Trinajstić information content (AvgIpc) is 3.27. The number of aryl methyl sites for hydroxylation is 2. The first kappa shape index (κ1) is 16.6. The minimum absolute atomic E-state index is 0.0462. The van der Waals surface area contributed by atoms with E-state index >= 15 is 0 Å². The summed E-state index contributed by atoms with van der Waals surface area (Å²) in [7, 11) is 1.93. The van der Waals surface area contributed by atoms with Crippen molar-refractivity contribution in [2.45, 2.75) is 31.6 Å². The number of unbranched alkanes of at least 4 members (excludes halogenated alkanes) is 1. The maximum Gasteiger partial charge on any atom is 0.314 e. The lowest BCUT2D eigenvalue weighted by Crippen LogP contribution is -2.37. The van der Waals surface area contributed by atoms with Crippen LogP contribution in [0.4, 0.5) is 4.79 Å². The second kappa shape index (κ2) is 7.99. The van der Waals surface area contributed by atoms with E-state index in [0.717, 1.165) is 32.4 Å². The van der Waals surface area contributed by atoms with Gasteiger partial charge in [-0.25, -0.2) is 4.79 Å². The third-order valence-corrected chi connectivity index (χ3v) is 4.61. The highest BCUT2D eigenvalue weighted by Gasteiger charge is 2.37. The summed E-state index contributed by atoms with van der Waals surface area (Å²) in [6.45, 7) is 1.49. The fraction of sp³-hybridized carbons (Fsp3) is 0.474. The van der Waals surface area contributed by atoms with Gasteiger partial charge < -0.3 is 10.6 Å². The Kier molecular flexibility index (Phi) is 5.51. The number of amides is 2. The van der Waals surface area contributed by atoms with Crippen LogP contribution in [0, 0.1) is 5.92 Å². The molecule has 1 fully saturated rings. The van der Waals surface area contributed by atoms with E-state index in [1.807, 2.05) is 30.2 Å². The number of carbonyl (C=O) groups is 1. The van der Waals surface area contributed by atoms with E-state index in [9.17, 15) is 4.79 Å². The van der Waals surface area contributed by atoms with Crippen molar-refractivity contribution in [2.24, 2.45) is 13.0 Å². The van der Waals surface area contributed by atoms with Crippen LogP contribution >= 0.6 is 0 Å². The molecule has 2 aromatic rings. The fourth-order valence-corrected chi connectivity index (χ4v) is 3.12. The first-order valence-electron chi connectivity index (χ1n) is 8.76. The Hall–Kier alpha value is -2.30. The third kappa shape index (κ3) is 4.85. The highest BCUT2D eigenvalue weighted by Crippen LogP contribution is 2.46. The molecular formula is C19H26N4O. The molecule has 1 aliphatic rings. The zero-order valence-electron chi connectivity index (χ0n) is 14.2. The molecule has 2 atom stereocenters. The Bertz CT molecular complexity index is 652. The van der Waals surface area contributed by atoms with Crippen LogP contribution in [0.1, 0.15) is 36.3 Å². The van der Waals surface area contributed by atoms with Gasteiger partial charge in [-0.05, 0) is 48.6 Å². The van der Waals surface area contributed by atoms with Gasteiger partial charge in [0.2, 0.25) is 0 Å². The second-order valence-corrected chi connectivity index (χ2v) is 6.63. The number of hydrogen-bond acceptors (Lipinski definition) is 2. The summed E-state index contributed by atoms with van der Waals surface area (Å²) in [5, 5.41) is 10.1. The van der Waals surface area contributed by atoms with Crippen molar-refractivity contribution in [1.82, 2.24) is 20.4 Å². The second-order valence-electron chi connectivity index (χ2n) is 6.63. The zero-order chi connectivity index (χ0) is 16.8. The maximum atomic E-state index is 11.8. The molecule has 1 heterocycles. The zero-order valence-corrected chi connectivity index (χ0v) is 14.2. The first-order chi connectivity index (χ1) is 11.7. The van der Waals surface area contributed by atoms with Gasteiger partial charge in [0.05, 0.1) is 6.20 Å². The summed E-state index contributed by atoms with van der Waals surface area (Å²) in [5.74, 6) is 1.20. The quantitative estimate of drug-likeness (QED) is 0.733. The molecule has 128 valence electrons. The van der Waals surface area contributed by atoms with Gasteiger partial charge in [0.15, 0.2) is 0 Å². The standard InChI is InChI=1S/C19H26N4O/c1-23-14-15(12-22-23)7-5-6-10-20-19(24)21-13-17-11-18(17)16-8-3-2-4-9-16/h2-4,8-9,12,14,17-18H,5-7,10-11,13H2,1H3,(H2,20,21,24)/t17-,18+/m0/s1. The summed E-state index contributed by atoms with van der Waals surface area (Å²) in [4.78, 5) is 11.8. The van der Waals surface area contributed by atoms with Gasteiger partial charge >= 0.3 is 6.03 Å². The molecule has 1 aromatic heterocycles. The van der Waals surface area contributed by atoms with Crippen molar-refractivity contribution in [1.29, 1.82) is 0 Å². The van der Waals surface area contributed by atoms with Crippen LogP contribution in [0.3, 0.4) is 0 Å². The number of carbonyl (C=O) groups excluding carboxylic acids is 1. The van der Waals surface area contributed by atoms with Gasteiger partial charge in [-0.15, -0.1) is 0 Å². The first-order valence-corrected chi connectivity index (χ1v) is 8.76. The number of rotatable bonds is 8. The van der Waals surface area contributed by atoms with Gasteiger partial charge in [-0.2, -0.15) is 5.10 Å². The molecule has 0 unspecified atom stereocenters. The lowest BCUT2D eigenvalue weighted by atomic mass is 10.1. The molecular weight excluding hydrogens is 300 g/mol. The van der Waals surface area contributed by atoms with Crippen molar-refractivity contribution in [3.8, 4) is 0 Å². The molecule has 0 saturated heterocycles. The van der Waals surface area contributed by atoms with E-state index in [1.54, 1.807) is 0 Å². The smallest absolute Gasteiger partial charge is 0.314 e. The Morgan fingerprint density at radius 2 is 2.08 bits per heavy atom. The highest BCUT2D eigenvalue weighted by molar-refractivity contribution is 5.73. The number of nitrogens with one attached hydrogen (secondary N) is 2. The summed E-state index contributed by atoms with van der Waals surface area (Å²) in [6, 6.07) is 10.5. The highest BCUT2D eigenvalue weighted by atomic mass is 16.2. The summed E-state index contributed by atoms with van der Waals surface area (Å²) >= 11 is 0. The van der Waals surface area contributed by atoms with Crippen molar-refractivity contribution in [3.63, 3.8) is 0 Å². The molecule has 0 spiro atoms. The molecule has 5 heteroatoms. The average molecular weight is 326 g/mol. The van der Waals surface area contributed by atoms with Crippen LogP contribution < -0.4 is 10.6 Å². The molecule has 24 heavy (non-hydrogen) atoms. The predicted octanol–water partition coefficient (Wildman–Crippen LogP) is 2.85. The van der Waals surface area contributed by atoms with Crippen LogP contribution in [-0.2, 0) is 13.5 Å². The lowest BCUT2D eigenvalue weighted by Gasteiger charge is -2.07. The maximum absolute atomic E-state index is 11.8. The van der Waals surface area contributed by atoms with Gasteiger partial charge in [-0.1, -0.05) is 30.3 Å². The van der Waals surface area contributed by atoms with E-state index < -0.39 is 0 Å². The van der Waals surface area contributed by atoms with Gasteiger partial charge in [-0.3, -0.25) is 4.68 Å².